The number of ether oxygens (including phenoxy) is 6. The number of benzene rings is 2. The number of methoxy groups -OCH3 is 2. The molecule has 0 radical (unpaired) electrons. The van der Waals surface area contributed by atoms with E-state index in [0.29, 0.717) is 19.8 Å². The quantitative estimate of drug-likeness (QED) is 0.376. The molecule has 0 aromatic heterocycles. The Hall–Kier alpha value is -2.40. The van der Waals surface area contributed by atoms with Crippen LogP contribution in [0.4, 0.5) is 5.69 Å². The van der Waals surface area contributed by atoms with Gasteiger partial charge in [-0.3, -0.25) is 4.90 Å². The molecule has 9 nitrogen and oxygen atoms in total. The van der Waals surface area contributed by atoms with Crippen molar-refractivity contribution in [2.75, 3.05) is 98.0 Å². The van der Waals surface area contributed by atoms with Gasteiger partial charge in [0.05, 0.1) is 58.0 Å². The van der Waals surface area contributed by atoms with Gasteiger partial charge in [0, 0.05) is 58.9 Å². The predicted octanol–water partition coefficient (Wildman–Crippen LogP) is 2.92. The Morgan fingerprint density at radius 3 is 2.45 bits per heavy atom. The van der Waals surface area contributed by atoms with E-state index in [-0.39, 0.29) is 18.1 Å². The third-order valence-corrected chi connectivity index (χ3v) is 8.06. The zero-order valence-electron chi connectivity index (χ0n) is 24.0. The van der Waals surface area contributed by atoms with Gasteiger partial charge in [-0.15, -0.1) is 0 Å². The molecule has 3 aliphatic rings. The van der Waals surface area contributed by atoms with Crippen molar-refractivity contribution in [1.29, 1.82) is 0 Å². The van der Waals surface area contributed by atoms with Crippen molar-refractivity contribution in [1.82, 2.24) is 10.2 Å². The van der Waals surface area contributed by atoms with Gasteiger partial charge in [-0.1, -0.05) is 18.2 Å². The Morgan fingerprint density at radius 2 is 1.68 bits per heavy atom. The van der Waals surface area contributed by atoms with Crippen molar-refractivity contribution in [3.63, 3.8) is 0 Å². The van der Waals surface area contributed by atoms with Crippen LogP contribution in [0.3, 0.4) is 0 Å². The lowest BCUT2D eigenvalue weighted by Crippen LogP contribution is -2.51. The van der Waals surface area contributed by atoms with Crippen LogP contribution in [-0.4, -0.2) is 110 Å². The van der Waals surface area contributed by atoms with Gasteiger partial charge >= 0.3 is 0 Å². The van der Waals surface area contributed by atoms with E-state index in [2.05, 4.69) is 45.4 Å². The summed E-state index contributed by atoms with van der Waals surface area (Å²) in [6.07, 6.45) is 0.975. The van der Waals surface area contributed by atoms with E-state index in [1.54, 1.807) is 14.2 Å². The molecule has 0 amide bonds. The van der Waals surface area contributed by atoms with Gasteiger partial charge in [0.2, 0.25) is 0 Å². The zero-order chi connectivity index (χ0) is 27.6. The van der Waals surface area contributed by atoms with Crippen LogP contribution in [0.2, 0.25) is 0 Å². The first-order chi connectivity index (χ1) is 19.7. The maximum Gasteiger partial charge on any atom is 0.142 e. The number of hydrogen-bond acceptors (Lipinski definition) is 9. The number of hydrogen-bond donors (Lipinski definition) is 1. The smallest absolute Gasteiger partial charge is 0.142 e. The van der Waals surface area contributed by atoms with Gasteiger partial charge in [-0.2, -0.15) is 0 Å². The fourth-order valence-corrected chi connectivity index (χ4v) is 5.84. The molecule has 2 fully saturated rings. The summed E-state index contributed by atoms with van der Waals surface area (Å²) in [5.41, 5.74) is 3.50. The monoisotopic (exact) mass is 555 g/mol. The molecule has 2 aromatic carbocycles. The van der Waals surface area contributed by atoms with Crippen molar-refractivity contribution >= 4 is 5.69 Å². The highest BCUT2D eigenvalue weighted by molar-refractivity contribution is 5.61. The molecule has 3 aliphatic heterocycles. The number of rotatable bonds is 13. The lowest BCUT2D eigenvalue weighted by Gasteiger charge is -2.39. The van der Waals surface area contributed by atoms with E-state index in [1.165, 1.54) is 5.56 Å². The fourth-order valence-electron chi connectivity index (χ4n) is 5.84. The summed E-state index contributed by atoms with van der Waals surface area (Å²) in [4.78, 5) is 4.80. The van der Waals surface area contributed by atoms with Gasteiger partial charge in [0.25, 0.3) is 0 Å². The van der Waals surface area contributed by atoms with Crippen LogP contribution in [0.1, 0.15) is 23.5 Å². The van der Waals surface area contributed by atoms with Crippen LogP contribution in [0.5, 0.6) is 11.5 Å². The van der Waals surface area contributed by atoms with E-state index in [1.807, 2.05) is 12.1 Å². The van der Waals surface area contributed by atoms with E-state index in [9.17, 15) is 0 Å². The number of morpholine rings is 1. The minimum atomic E-state index is -0.0272. The summed E-state index contributed by atoms with van der Waals surface area (Å²) in [6.45, 7) is 10.5. The van der Waals surface area contributed by atoms with Crippen molar-refractivity contribution in [3.05, 3.63) is 53.6 Å². The highest BCUT2D eigenvalue weighted by Gasteiger charge is 2.36. The second-order valence-corrected chi connectivity index (χ2v) is 10.7. The van der Waals surface area contributed by atoms with Gasteiger partial charge in [-0.05, 0) is 41.8 Å². The van der Waals surface area contributed by atoms with E-state index in [0.717, 1.165) is 94.8 Å². The maximum absolute atomic E-state index is 6.66. The fraction of sp³-hybridized carbons (Fsp3) is 0.613. The van der Waals surface area contributed by atoms with Crippen LogP contribution in [0, 0.1) is 0 Å². The summed E-state index contributed by atoms with van der Waals surface area (Å²) < 4.78 is 35.3. The van der Waals surface area contributed by atoms with Crippen molar-refractivity contribution in [3.8, 4) is 11.5 Å². The molecule has 3 atom stereocenters. The molecule has 220 valence electrons. The summed E-state index contributed by atoms with van der Waals surface area (Å²) in [7, 11) is 3.45. The van der Waals surface area contributed by atoms with Crippen LogP contribution in [0.25, 0.3) is 0 Å². The highest BCUT2D eigenvalue weighted by atomic mass is 16.5. The van der Waals surface area contributed by atoms with Crippen LogP contribution >= 0.6 is 0 Å². The summed E-state index contributed by atoms with van der Waals surface area (Å²) in [5.74, 6) is 1.91. The molecular weight excluding hydrogens is 510 g/mol. The molecule has 40 heavy (non-hydrogen) atoms. The highest BCUT2D eigenvalue weighted by Crippen LogP contribution is 2.35. The van der Waals surface area contributed by atoms with Gasteiger partial charge in [0.1, 0.15) is 18.1 Å². The molecule has 0 bridgehead atoms. The maximum atomic E-state index is 6.66. The minimum absolute atomic E-state index is 0.0152. The second kappa shape index (κ2) is 15.0. The second-order valence-electron chi connectivity index (χ2n) is 10.7. The van der Waals surface area contributed by atoms with Crippen LogP contribution in [-0.2, 0) is 25.6 Å². The Kier molecular flexibility index (Phi) is 10.9. The SMILES string of the molecule is COCCCN1CCOc2ccc(CO[C@H]3CNCC(OCCN4CCOCC4)C3c3ccc(OC)cc3)cc21. The van der Waals surface area contributed by atoms with Crippen LogP contribution in [0.15, 0.2) is 42.5 Å². The largest absolute Gasteiger partial charge is 0.497 e. The molecular formula is C31H45N3O6. The van der Waals surface area contributed by atoms with Crippen molar-refractivity contribution in [2.45, 2.75) is 31.2 Å². The van der Waals surface area contributed by atoms with Gasteiger partial charge in [0.15, 0.2) is 0 Å². The Morgan fingerprint density at radius 1 is 0.875 bits per heavy atom. The first-order valence-corrected chi connectivity index (χ1v) is 14.6. The van der Waals surface area contributed by atoms with E-state index in [4.69, 9.17) is 28.4 Å². The Bertz CT molecular complexity index is 1030. The topological polar surface area (TPSA) is 73.9 Å². The first-order valence-electron chi connectivity index (χ1n) is 14.6. The molecule has 3 heterocycles. The number of piperidine rings is 1. The first kappa shape index (κ1) is 29.1. The average molecular weight is 556 g/mol. The molecule has 5 rings (SSSR count). The lowest BCUT2D eigenvalue weighted by atomic mass is 9.85. The third-order valence-electron chi connectivity index (χ3n) is 8.06. The summed E-state index contributed by atoms with van der Waals surface area (Å²) in [5, 5.41) is 3.57. The molecule has 2 unspecified atom stereocenters. The standard InChI is InChI=1S/C31H45N3O6/c1-35-15-3-10-34-14-19-38-28-9-4-24(20-27(28)34)23-40-30-22-32-21-29(39-18-13-33-11-16-37-17-12-33)31(30)25-5-7-26(36-2)8-6-25/h4-9,20,29-32H,3,10-19,21-23H2,1-2H3/t29?,30-,31?/m0/s1. The van der Waals surface area contributed by atoms with Crippen molar-refractivity contribution in [2.24, 2.45) is 0 Å². The molecule has 2 saturated heterocycles. The molecule has 0 saturated carbocycles. The summed E-state index contributed by atoms with van der Waals surface area (Å²) >= 11 is 0. The van der Waals surface area contributed by atoms with Crippen LogP contribution < -0.4 is 19.7 Å². The van der Waals surface area contributed by atoms with Gasteiger partial charge < -0.3 is 38.6 Å². The third kappa shape index (κ3) is 7.66. The molecule has 2 aromatic rings. The lowest BCUT2D eigenvalue weighted by molar-refractivity contribution is -0.0662. The van der Waals surface area contributed by atoms with E-state index < -0.39 is 0 Å². The molecule has 0 aliphatic carbocycles. The summed E-state index contributed by atoms with van der Waals surface area (Å²) in [6, 6.07) is 14.8. The van der Waals surface area contributed by atoms with E-state index >= 15 is 0 Å². The predicted molar refractivity (Wildman–Crippen MR) is 155 cm³/mol. The number of fused-ring (bicyclic) bond motifs is 1. The number of anilines is 1. The van der Waals surface area contributed by atoms with Crippen molar-refractivity contribution < 1.29 is 28.4 Å². The normalized spacial score (nSPS) is 23.4. The Balaban J connectivity index is 1.26. The molecule has 9 heteroatoms. The number of nitrogens with zero attached hydrogens (tertiary/aromatic N) is 2. The number of nitrogens with one attached hydrogen (secondary N) is 1. The average Bonchev–Trinajstić information content (AvgIpc) is 3.01. The minimum Gasteiger partial charge on any atom is -0.497 e. The molecule has 0 spiro atoms. The van der Waals surface area contributed by atoms with Gasteiger partial charge in [-0.25, -0.2) is 0 Å². The Labute approximate surface area is 238 Å². The molecule has 1 N–H and O–H groups in total. The zero-order valence-corrected chi connectivity index (χ0v) is 24.0.